The van der Waals surface area contributed by atoms with E-state index in [9.17, 15) is 4.79 Å². The number of benzene rings is 1. The van der Waals surface area contributed by atoms with Gasteiger partial charge in [0.15, 0.2) is 0 Å². The van der Waals surface area contributed by atoms with E-state index in [2.05, 4.69) is 10.3 Å². The molecular weight excluding hydrogens is 230 g/mol. The first-order valence-corrected chi connectivity index (χ1v) is 5.79. The van der Waals surface area contributed by atoms with Gasteiger partial charge >= 0.3 is 5.97 Å². The van der Waals surface area contributed by atoms with E-state index in [-0.39, 0.29) is 0 Å². The Balaban J connectivity index is 1.75. The Morgan fingerprint density at radius 1 is 1.33 bits per heavy atom. The summed E-state index contributed by atoms with van der Waals surface area (Å²) in [6, 6.07) is 6.75. The Morgan fingerprint density at radius 2 is 2.11 bits per heavy atom. The van der Waals surface area contributed by atoms with Crippen LogP contribution in [0.5, 0.6) is 0 Å². The van der Waals surface area contributed by atoms with Crippen molar-refractivity contribution in [1.29, 1.82) is 0 Å². The molecule has 0 radical (unpaired) electrons. The Labute approximate surface area is 105 Å². The van der Waals surface area contributed by atoms with Crippen LogP contribution in [-0.2, 0) is 6.54 Å². The quantitative estimate of drug-likeness (QED) is 0.765. The van der Waals surface area contributed by atoms with Crippen molar-refractivity contribution in [1.82, 2.24) is 9.55 Å². The van der Waals surface area contributed by atoms with Gasteiger partial charge < -0.3 is 15.0 Å². The van der Waals surface area contributed by atoms with Crippen molar-refractivity contribution in [3.05, 3.63) is 48.5 Å². The second kappa shape index (κ2) is 5.86. The number of carboxylic acids is 1. The molecule has 0 bridgehead atoms. The molecule has 94 valence electrons. The van der Waals surface area contributed by atoms with Gasteiger partial charge in [0, 0.05) is 31.2 Å². The van der Waals surface area contributed by atoms with Gasteiger partial charge in [0.05, 0.1) is 11.9 Å². The van der Waals surface area contributed by atoms with E-state index in [0.29, 0.717) is 5.56 Å². The Kier molecular flexibility index (Phi) is 3.96. The van der Waals surface area contributed by atoms with E-state index in [1.54, 1.807) is 36.8 Å². The van der Waals surface area contributed by atoms with Crippen molar-refractivity contribution >= 4 is 11.7 Å². The van der Waals surface area contributed by atoms with E-state index in [1.807, 2.05) is 10.8 Å². The fourth-order valence-electron chi connectivity index (χ4n) is 1.64. The van der Waals surface area contributed by atoms with Crippen LogP contribution in [-0.4, -0.2) is 27.2 Å². The van der Waals surface area contributed by atoms with Gasteiger partial charge in [-0.05, 0) is 30.7 Å². The lowest BCUT2D eigenvalue weighted by atomic mass is 10.2. The van der Waals surface area contributed by atoms with Crippen LogP contribution < -0.4 is 5.32 Å². The first-order chi connectivity index (χ1) is 8.75. The van der Waals surface area contributed by atoms with E-state index in [1.165, 1.54) is 0 Å². The number of carbonyl (C=O) groups is 1. The highest BCUT2D eigenvalue weighted by atomic mass is 16.4. The molecule has 0 aliphatic carbocycles. The lowest BCUT2D eigenvalue weighted by molar-refractivity contribution is 0.0697. The van der Waals surface area contributed by atoms with Gasteiger partial charge in [0.25, 0.3) is 0 Å². The third kappa shape index (κ3) is 3.35. The van der Waals surface area contributed by atoms with Crippen LogP contribution in [0.2, 0.25) is 0 Å². The van der Waals surface area contributed by atoms with E-state index >= 15 is 0 Å². The van der Waals surface area contributed by atoms with Gasteiger partial charge in [-0.25, -0.2) is 9.78 Å². The summed E-state index contributed by atoms with van der Waals surface area (Å²) in [5.74, 6) is -0.901. The van der Waals surface area contributed by atoms with Gasteiger partial charge in [-0.2, -0.15) is 0 Å². The van der Waals surface area contributed by atoms with Crippen molar-refractivity contribution in [2.75, 3.05) is 11.9 Å². The number of nitrogens with zero attached hydrogens (tertiary/aromatic N) is 2. The molecule has 1 aromatic heterocycles. The smallest absolute Gasteiger partial charge is 0.335 e. The standard InChI is InChI=1S/C13H15N3O2/c17-13(18)11-2-4-12(5-3-11)15-6-1-8-16-9-7-14-10-16/h2-5,7,9-10,15H,1,6,8H2,(H,17,18). The third-order valence-corrected chi connectivity index (χ3v) is 2.61. The van der Waals surface area contributed by atoms with Crippen molar-refractivity contribution in [3.8, 4) is 0 Å². The summed E-state index contributed by atoms with van der Waals surface area (Å²) in [6.45, 7) is 1.75. The zero-order valence-corrected chi connectivity index (χ0v) is 9.91. The SMILES string of the molecule is O=C(O)c1ccc(NCCCn2ccnc2)cc1. The van der Waals surface area contributed by atoms with Crippen LogP contribution in [0.15, 0.2) is 43.0 Å². The molecule has 0 atom stereocenters. The van der Waals surface area contributed by atoms with Crippen LogP contribution in [0.25, 0.3) is 0 Å². The Morgan fingerprint density at radius 3 is 2.72 bits per heavy atom. The van der Waals surface area contributed by atoms with Gasteiger partial charge in [0.1, 0.15) is 0 Å². The molecule has 5 nitrogen and oxygen atoms in total. The van der Waals surface area contributed by atoms with Crippen molar-refractivity contribution in [2.24, 2.45) is 0 Å². The maximum atomic E-state index is 10.7. The number of carboxylic acid groups (broad SMARTS) is 1. The number of aryl methyl sites for hydroxylation is 1. The van der Waals surface area contributed by atoms with Gasteiger partial charge in [-0.15, -0.1) is 0 Å². The molecule has 0 amide bonds. The minimum absolute atomic E-state index is 0.305. The number of hydrogen-bond acceptors (Lipinski definition) is 3. The molecule has 2 aromatic rings. The molecule has 2 rings (SSSR count). The second-order valence-electron chi connectivity index (χ2n) is 3.96. The summed E-state index contributed by atoms with van der Waals surface area (Å²) in [4.78, 5) is 14.6. The average Bonchev–Trinajstić information content (AvgIpc) is 2.88. The molecule has 0 spiro atoms. The predicted octanol–water partition coefficient (Wildman–Crippen LogP) is 2.08. The largest absolute Gasteiger partial charge is 0.478 e. The normalized spacial score (nSPS) is 10.2. The third-order valence-electron chi connectivity index (χ3n) is 2.61. The summed E-state index contributed by atoms with van der Waals surface area (Å²) in [5.41, 5.74) is 1.24. The van der Waals surface area contributed by atoms with Gasteiger partial charge in [0.2, 0.25) is 0 Å². The van der Waals surface area contributed by atoms with Crippen LogP contribution in [0, 0.1) is 0 Å². The van der Waals surface area contributed by atoms with E-state index in [4.69, 9.17) is 5.11 Å². The Bertz CT molecular complexity index is 491. The van der Waals surface area contributed by atoms with Crippen LogP contribution in [0.3, 0.4) is 0 Å². The van der Waals surface area contributed by atoms with Crippen molar-refractivity contribution in [3.63, 3.8) is 0 Å². The number of aromatic nitrogens is 2. The van der Waals surface area contributed by atoms with E-state index < -0.39 is 5.97 Å². The fraction of sp³-hybridized carbons (Fsp3) is 0.231. The molecule has 1 heterocycles. The molecule has 0 saturated carbocycles. The molecule has 0 saturated heterocycles. The molecular formula is C13H15N3O2. The monoisotopic (exact) mass is 245 g/mol. The number of hydrogen-bond donors (Lipinski definition) is 2. The topological polar surface area (TPSA) is 67.2 Å². The molecule has 2 N–H and O–H groups in total. The molecule has 18 heavy (non-hydrogen) atoms. The molecule has 0 aliphatic heterocycles. The molecule has 0 aliphatic rings. The highest BCUT2D eigenvalue weighted by Crippen LogP contribution is 2.09. The number of nitrogens with one attached hydrogen (secondary N) is 1. The number of aromatic carboxylic acids is 1. The zero-order chi connectivity index (χ0) is 12.8. The first-order valence-electron chi connectivity index (χ1n) is 5.79. The summed E-state index contributed by atoms with van der Waals surface area (Å²) in [6.07, 6.45) is 6.47. The highest BCUT2D eigenvalue weighted by Gasteiger charge is 2.00. The van der Waals surface area contributed by atoms with Crippen LogP contribution in [0.1, 0.15) is 16.8 Å². The van der Waals surface area contributed by atoms with Crippen molar-refractivity contribution < 1.29 is 9.90 Å². The lowest BCUT2D eigenvalue weighted by Crippen LogP contribution is -2.06. The summed E-state index contributed by atoms with van der Waals surface area (Å²) < 4.78 is 2.02. The fourth-order valence-corrected chi connectivity index (χ4v) is 1.64. The van der Waals surface area contributed by atoms with E-state index in [0.717, 1.165) is 25.2 Å². The van der Waals surface area contributed by atoms with Crippen LogP contribution in [0.4, 0.5) is 5.69 Å². The van der Waals surface area contributed by atoms with Gasteiger partial charge in [-0.1, -0.05) is 0 Å². The highest BCUT2D eigenvalue weighted by molar-refractivity contribution is 5.87. The maximum Gasteiger partial charge on any atom is 0.335 e. The minimum atomic E-state index is -0.901. The van der Waals surface area contributed by atoms with Crippen molar-refractivity contribution in [2.45, 2.75) is 13.0 Å². The molecule has 0 fully saturated rings. The Hall–Kier alpha value is -2.30. The maximum absolute atomic E-state index is 10.7. The summed E-state index contributed by atoms with van der Waals surface area (Å²) in [5, 5.41) is 12.0. The molecule has 5 heteroatoms. The zero-order valence-electron chi connectivity index (χ0n) is 9.91. The molecule has 0 unspecified atom stereocenters. The second-order valence-corrected chi connectivity index (χ2v) is 3.96. The number of rotatable bonds is 6. The van der Waals surface area contributed by atoms with Crippen LogP contribution >= 0.6 is 0 Å². The minimum Gasteiger partial charge on any atom is -0.478 e. The lowest BCUT2D eigenvalue weighted by Gasteiger charge is -2.07. The summed E-state index contributed by atoms with van der Waals surface area (Å²) >= 11 is 0. The number of anilines is 1. The summed E-state index contributed by atoms with van der Waals surface area (Å²) in [7, 11) is 0. The predicted molar refractivity (Wildman–Crippen MR) is 68.7 cm³/mol. The molecule has 1 aromatic carbocycles. The van der Waals surface area contributed by atoms with Gasteiger partial charge in [-0.3, -0.25) is 0 Å². The average molecular weight is 245 g/mol. The first kappa shape index (κ1) is 12.2. The number of imidazole rings is 1.